The van der Waals surface area contributed by atoms with E-state index in [9.17, 15) is 23.2 Å². The third-order valence-electron chi connectivity index (χ3n) is 6.19. The van der Waals surface area contributed by atoms with E-state index in [-0.39, 0.29) is 40.6 Å². The van der Waals surface area contributed by atoms with E-state index in [0.717, 1.165) is 0 Å². The van der Waals surface area contributed by atoms with Crippen LogP contribution in [0.1, 0.15) is 84.5 Å². The molecule has 0 unspecified atom stereocenters. The number of alkyl halides is 2. The SMILES string of the molecule is CC1(C)CC(=O)c2c(C(F)F)nn(-c3ccc(C(N)=O)c(NC4CCC(=O)CC4)c3)c2C1. The minimum absolute atomic E-state index is 0.00129. The smallest absolute Gasteiger partial charge is 0.282 e. The highest BCUT2D eigenvalue weighted by atomic mass is 19.3. The van der Waals surface area contributed by atoms with Crippen molar-refractivity contribution in [2.75, 3.05) is 5.32 Å². The first-order valence-electron chi connectivity index (χ1n) is 10.7. The quantitative estimate of drug-likeness (QED) is 0.725. The molecule has 7 nitrogen and oxygen atoms in total. The van der Waals surface area contributed by atoms with E-state index >= 15 is 0 Å². The van der Waals surface area contributed by atoms with Gasteiger partial charge in [-0.1, -0.05) is 13.8 Å². The number of nitrogens with zero attached hydrogens (tertiary/aromatic N) is 2. The molecule has 1 heterocycles. The molecule has 0 radical (unpaired) electrons. The third-order valence-corrected chi connectivity index (χ3v) is 6.19. The maximum Gasteiger partial charge on any atom is 0.282 e. The van der Waals surface area contributed by atoms with Gasteiger partial charge >= 0.3 is 0 Å². The van der Waals surface area contributed by atoms with Crippen molar-refractivity contribution < 1.29 is 23.2 Å². The van der Waals surface area contributed by atoms with Crippen LogP contribution >= 0.6 is 0 Å². The number of hydrogen-bond acceptors (Lipinski definition) is 5. The van der Waals surface area contributed by atoms with Gasteiger partial charge in [-0.05, 0) is 42.9 Å². The first-order valence-corrected chi connectivity index (χ1v) is 10.7. The van der Waals surface area contributed by atoms with Crippen LogP contribution < -0.4 is 11.1 Å². The number of benzene rings is 1. The number of primary amides is 1. The highest BCUT2D eigenvalue weighted by Gasteiger charge is 2.38. The minimum atomic E-state index is -2.88. The zero-order valence-electron chi connectivity index (χ0n) is 18.1. The van der Waals surface area contributed by atoms with Crippen molar-refractivity contribution >= 4 is 23.2 Å². The lowest BCUT2D eigenvalue weighted by molar-refractivity contribution is -0.120. The van der Waals surface area contributed by atoms with E-state index < -0.39 is 18.0 Å². The third kappa shape index (κ3) is 4.16. The summed E-state index contributed by atoms with van der Waals surface area (Å²) in [6, 6.07) is 4.75. The summed E-state index contributed by atoms with van der Waals surface area (Å²) in [6.45, 7) is 3.83. The van der Waals surface area contributed by atoms with Crippen molar-refractivity contribution in [1.82, 2.24) is 9.78 Å². The van der Waals surface area contributed by atoms with Gasteiger partial charge < -0.3 is 11.1 Å². The molecule has 170 valence electrons. The molecule has 1 saturated carbocycles. The standard InChI is InChI=1S/C23H26F2N4O3/c1-23(2)10-17-19(18(31)11-23)20(21(24)25)28-29(17)13-5-8-15(22(26)32)16(9-13)27-12-3-6-14(30)7-4-12/h5,8-9,12,21,27H,3-4,6-7,10-11H2,1-2H3,(H2,26,32). The van der Waals surface area contributed by atoms with Gasteiger partial charge in [0.25, 0.3) is 12.3 Å². The number of hydrogen-bond donors (Lipinski definition) is 2. The number of carbonyl (C=O) groups is 3. The number of amides is 1. The largest absolute Gasteiger partial charge is 0.382 e. The highest BCUT2D eigenvalue weighted by Crippen LogP contribution is 2.39. The Morgan fingerprint density at radius 1 is 1.22 bits per heavy atom. The predicted octanol–water partition coefficient (Wildman–Crippen LogP) is 3.99. The molecule has 0 saturated heterocycles. The lowest BCUT2D eigenvalue weighted by atomic mass is 9.75. The first kappa shape index (κ1) is 22.1. The molecular weight excluding hydrogens is 418 g/mol. The van der Waals surface area contributed by atoms with Gasteiger partial charge in [0.05, 0.1) is 22.5 Å². The second-order valence-corrected chi connectivity index (χ2v) is 9.41. The maximum absolute atomic E-state index is 13.7. The van der Waals surface area contributed by atoms with Crippen molar-refractivity contribution in [3.05, 3.63) is 40.7 Å². The summed E-state index contributed by atoms with van der Waals surface area (Å²) in [6.07, 6.45) is -0.0846. The Kier molecular flexibility index (Phi) is 5.60. The summed E-state index contributed by atoms with van der Waals surface area (Å²) in [5.41, 5.74) is 6.26. The van der Waals surface area contributed by atoms with E-state index in [2.05, 4.69) is 10.4 Å². The molecule has 2 aliphatic carbocycles. The summed E-state index contributed by atoms with van der Waals surface area (Å²) in [5, 5.41) is 7.39. The molecule has 9 heteroatoms. The van der Waals surface area contributed by atoms with E-state index in [4.69, 9.17) is 5.73 Å². The van der Waals surface area contributed by atoms with E-state index in [1.807, 2.05) is 13.8 Å². The number of nitrogens with one attached hydrogen (secondary N) is 1. The summed E-state index contributed by atoms with van der Waals surface area (Å²) in [4.78, 5) is 36.2. The Labute approximate surface area is 184 Å². The molecule has 0 aliphatic heterocycles. The first-order chi connectivity index (χ1) is 15.1. The summed E-state index contributed by atoms with van der Waals surface area (Å²) < 4.78 is 28.8. The second kappa shape index (κ2) is 8.11. The number of fused-ring (bicyclic) bond motifs is 1. The molecule has 1 aromatic carbocycles. The van der Waals surface area contributed by atoms with Crippen LogP contribution in [-0.2, 0) is 11.2 Å². The number of rotatable bonds is 5. The van der Waals surface area contributed by atoms with E-state index in [0.29, 0.717) is 49.2 Å². The number of nitrogens with two attached hydrogens (primary N) is 1. The molecule has 2 aromatic rings. The Bertz CT molecular complexity index is 1100. The summed E-state index contributed by atoms with van der Waals surface area (Å²) >= 11 is 0. The number of carbonyl (C=O) groups excluding carboxylic acids is 3. The van der Waals surface area contributed by atoms with Gasteiger partial charge in [-0.15, -0.1) is 0 Å². The lowest BCUT2D eigenvalue weighted by Crippen LogP contribution is -2.28. The van der Waals surface area contributed by atoms with Crippen LogP contribution in [0.25, 0.3) is 5.69 Å². The van der Waals surface area contributed by atoms with Crippen LogP contribution in [0.5, 0.6) is 0 Å². The number of Topliss-reactive ketones (excluding diaryl/α,β-unsaturated/α-hetero) is 2. The van der Waals surface area contributed by atoms with Crippen LogP contribution in [0.2, 0.25) is 0 Å². The van der Waals surface area contributed by atoms with Crippen molar-refractivity contribution in [1.29, 1.82) is 0 Å². The maximum atomic E-state index is 13.7. The van der Waals surface area contributed by atoms with Gasteiger partial charge in [0, 0.05) is 31.0 Å². The molecule has 1 aromatic heterocycles. The highest BCUT2D eigenvalue weighted by molar-refractivity contribution is 6.00. The Hall–Kier alpha value is -3.10. The summed E-state index contributed by atoms with van der Waals surface area (Å²) in [5.74, 6) is -0.753. The fraction of sp³-hybridized carbons (Fsp3) is 0.478. The molecule has 32 heavy (non-hydrogen) atoms. The molecule has 2 aliphatic rings. The van der Waals surface area contributed by atoms with Crippen LogP contribution in [0.15, 0.2) is 18.2 Å². The normalized spacial score (nSPS) is 18.7. The van der Waals surface area contributed by atoms with Gasteiger partial charge in [0.1, 0.15) is 11.5 Å². The van der Waals surface area contributed by atoms with Gasteiger partial charge in [0.2, 0.25) is 0 Å². The number of aromatic nitrogens is 2. The molecule has 4 rings (SSSR count). The van der Waals surface area contributed by atoms with E-state index in [1.165, 1.54) is 10.7 Å². The fourth-order valence-corrected chi connectivity index (χ4v) is 4.65. The Morgan fingerprint density at radius 2 is 1.91 bits per heavy atom. The zero-order valence-corrected chi connectivity index (χ0v) is 18.1. The summed E-state index contributed by atoms with van der Waals surface area (Å²) in [7, 11) is 0. The average Bonchev–Trinajstić information content (AvgIpc) is 3.08. The Morgan fingerprint density at radius 3 is 2.53 bits per heavy atom. The van der Waals surface area contributed by atoms with Crippen molar-refractivity contribution in [2.45, 2.75) is 64.8 Å². The average molecular weight is 444 g/mol. The van der Waals surface area contributed by atoms with Crippen molar-refractivity contribution in [3.63, 3.8) is 0 Å². The molecular formula is C23H26F2N4O3. The Balaban J connectivity index is 1.79. The number of ketones is 2. The molecule has 3 N–H and O–H groups in total. The number of halogens is 2. The van der Waals surface area contributed by atoms with Gasteiger partial charge in [0.15, 0.2) is 5.78 Å². The van der Waals surface area contributed by atoms with Crippen molar-refractivity contribution in [3.8, 4) is 5.69 Å². The minimum Gasteiger partial charge on any atom is -0.382 e. The number of anilines is 1. The lowest BCUT2D eigenvalue weighted by Gasteiger charge is -2.29. The zero-order chi connectivity index (χ0) is 23.2. The fourth-order valence-electron chi connectivity index (χ4n) is 4.65. The molecule has 1 amide bonds. The molecule has 0 atom stereocenters. The van der Waals surface area contributed by atoms with Gasteiger partial charge in [-0.25, -0.2) is 13.5 Å². The molecule has 0 bridgehead atoms. The monoisotopic (exact) mass is 444 g/mol. The van der Waals surface area contributed by atoms with Gasteiger partial charge in [-0.2, -0.15) is 5.10 Å². The van der Waals surface area contributed by atoms with Crippen molar-refractivity contribution in [2.24, 2.45) is 11.1 Å². The van der Waals surface area contributed by atoms with Gasteiger partial charge in [-0.3, -0.25) is 14.4 Å². The second-order valence-electron chi connectivity index (χ2n) is 9.41. The molecule has 0 spiro atoms. The van der Waals surface area contributed by atoms with Crippen LogP contribution in [-0.4, -0.2) is 33.3 Å². The van der Waals surface area contributed by atoms with Crippen LogP contribution in [0.4, 0.5) is 14.5 Å². The van der Waals surface area contributed by atoms with E-state index in [1.54, 1.807) is 12.1 Å². The van der Waals surface area contributed by atoms with Crippen LogP contribution in [0, 0.1) is 5.41 Å². The predicted molar refractivity (Wildman–Crippen MR) is 114 cm³/mol. The van der Waals surface area contributed by atoms with Crippen LogP contribution in [0.3, 0.4) is 0 Å². The molecule has 1 fully saturated rings. The topological polar surface area (TPSA) is 107 Å².